The minimum Gasteiger partial charge on any atom is -0.497 e. The number of amides is 3. The molecule has 2 aromatic carbocycles. The first-order chi connectivity index (χ1) is 13.3. The molecule has 0 fully saturated rings. The second-order valence-electron chi connectivity index (χ2n) is 7.26. The number of imide groups is 1. The van der Waals surface area contributed by atoms with Crippen LogP contribution in [0.1, 0.15) is 40.1 Å². The Bertz CT molecular complexity index is 870. The number of hydrogen-bond acceptors (Lipinski definition) is 4. The van der Waals surface area contributed by atoms with Crippen molar-refractivity contribution in [2.45, 2.75) is 26.4 Å². The third kappa shape index (κ3) is 3.50. The lowest BCUT2D eigenvalue weighted by molar-refractivity contribution is -0.136. The standard InChI is InChI=1S/C22H24N2O4/c1-14(2)19(24-20(25)17-7-5-6-8-18(17)21(24)26)22(27)23(3)13-15-9-11-16(28-4)12-10-15/h5-12,14,19H,13H2,1-4H3. The van der Waals surface area contributed by atoms with Gasteiger partial charge in [-0.1, -0.05) is 38.1 Å². The minimum atomic E-state index is -0.851. The summed E-state index contributed by atoms with van der Waals surface area (Å²) in [5.41, 5.74) is 1.63. The van der Waals surface area contributed by atoms with Crippen LogP contribution < -0.4 is 4.74 Å². The Labute approximate surface area is 164 Å². The fourth-order valence-corrected chi connectivity index (χ4v) is 3.46. The van der Waals surface area contributed by atoms with Gasteiger partial charge in [0, 0.05) is 13.6 Å². The average Bonchev–Trinajstić information content (AvgIpc) is 2.94. The Balaban J connectivity index is 1.83. The van der Waals surface area contributed by atoms with Crippen LogP contribution in [0.3, 0.4) is 0 Å². The van der Waals surface area contributed by atoms with E-state index in [2.05, 4.69) is 0 Å². The van der Waals surface area contributed by atoms with Crippen LogP contribution in [0.25, 0.3) is 0 Å². The van der Waals surface area contributed by atoms with E-state index in [4.69, 9.17) is 4.74 Å². The van der Waals surface area contributed by atoms with E-state index in [1.807, 2.05) is 38.1 Å². The van der Waals surface area contributed by atoms with Gasteiger partial charge in [-0.3, -0.25) is 19.3 Å². The van der Waals surface area contributed by atoms with Crippen LogP contribution in [0.5, 0.6) is 5.75 Å². The number of hydrogen-bond donors (Lipinski definition) is 0. The predicted octanol–water partition coefficient (Wildman–Crippen LogP) is 2.97. The Kier molecular flexibility index (Phi) is 5.49. The first-order valence-electron chi connectivity index (χ1n) is 9.20. The third-order valence-corrected chi connectivity index (χ3v) is 4.94. The molecule has 0 bridgehead atoms. The van der Waals surface area contributed by atoms with Gasteiger partial charge >= 0.3 is 0 Å². The highest BCUT2D eigenvalue weighted by Crippen LogP contribution is 2.28. The smallest absolute Gasteiger partial charge is 0.262 e. The molecule has 0 N–H and O–H groups in total. The molecule has 0 saturated heterocycles. The molecule has 3 rings (SSSR count). The number of fused-ring (bicyclic) bond motifs is 1. The zero-order valence-electron chi connectivity index (χ0n) is 16.5. The molecule has 0 spiro atoms. The molecule has 146 valence electrons. The Morgan fingerprint density at radius 3 is 2.00 bits per heavy atom. The van der Waals surface area contributed by atoms with Gasteiger partial charge in [0.1, 0.15) is 11.8 Å². The summed E-state index contributed by atoms with van der Waals surface area (Å²) >= 11 is 0. The van der Waals surface area contributed by atoms with Crippen LogP contribution in [0.15, 0.2) is 48.5 Å². The lowest BCUT2D eigenvalue weighted by Crippen LogP contribution is -2.52. The molecule has 6 heteroatoms. The number of nitrogens with zero attached hydrogens (tertiary/aromatic N) is 2. The van der Waals surface area contributed by atoms with Gasteiger partial charge in [0.15, 0.2) is 0 Å². The maximum absolute atomic E-state index is 13.2. The minimum absolute atomic E-state index is 0.215. The van der Waals surface area contributed by atoms with Gasteiger partial charge in [-0.15, -0.1) is 0 Å². The average molecular weight is 380 g/mol. The van der Waals surface area contributed by atoms with Gasteiger partial charge < -0.3 is 9.64 Å². The molecule has 1 unspecified atom stereocenters. The van der Waals surface area contributed by atoms with E-state index in [-0.39, 0.29) is 11.8 Å². The Morgan fingerprint density at radius 2 is 1.54 bits per heavy atom. The topological polar surface area (TPSA) is 66.9 Å². The maximum atomic E-state index is 13.2. The van der Waals surface area contributed by atoms with Crippen molar-refractivity contribution >= 4 is 17.7 Å². The van der Waals surface area contributed by atoms with Crippen LogP contribution in [0.2, 0.25) is 0 Å². The van der Waals surface area contributed by atoms with Gasteiger partial charge in [0.2, 0.25) is 5.91 Å². The van der Waals surface area contributed by atoms with Crippen molar-refractivity contribution in [2.24, 2.45) is 5.92 Å². The lowest BCUT2D eigenvalue weighted by atomic mass is 10.0. The normalized spacial score (nSPS) is 14.2. The van der Waals surface area contributed by atoms with Gasteiger partial charge in [-0.25, -0.2) is 0 Å². The van der Waals surface area contributed by atoms with E-state index in [1.54, 1.807) is 43.3 Å². The number of likely N-dealkylation sites (N-methyl/N-ethyl adjacent to an activating group) is 1. The molecular formula is C22H24N2O4. The molecule has 1 atom stereocenters. The van der Waals surface area contributed by atoms with Crippen molar-refractivity contribution < 1.29 is 19.1 Å². The number of ether oxygens (including phenoxy) is 1. The highest BCUT2D eigenvalue weighted by molar-refractivity contribution is 6.22. The zero-order chi connectivity index (χ0) is 20.4. The zero-order valence-corrected chi connectivity index (χ0v) is 16.5. The molecule has 0 aromatic heterocycles. The molecule has 1 aliphatic heterocycles. The second-order valence-corrected chi connectivity index (χ2v) is 7.26. The summed E-state index contributed by atoms with van der Waals surface area (Å²) in [5, 5.41) is 0. The quantitative estimate of drug-likeness (QED) is 0.723. The maximum Gasteiger partial charge on any atom is 0.262 e. The first-order valence-corrected chi connectivity index (χ1v) is 9.20. The van der Waals surface area contributed by atoms with Crippen LogP contribution in [-0.4, -0.2) is 47.7 Å². The van der Waals surface area contributed by atoms with Crippen molar-refractivity contribution in [1.29, 1.82) is 0 Å². The Morgan fingerprint density at radius 1 is 1.00 bits per heavy atom. The van der Waals surface area contributed by atoms with Crippen molar-refractivity contribution in [2.75, 3.05) is 14.2 Å². The van der Waals surface area contributed by atoms with E-state index in [0.29, 0.717) is 17.7 Å². The monoisotopic (exact) mass is 380 g/mol. The van der Waals surface area contributed by atoms with Gasteiger partial charge in [0.05, 0.1) is 18.2 Å². The summed E-state index contributed by atoms with van der Waals surface area (Å²) in [6, 6.07) is 13.3. The number of rotatable bonds is 6. The highest BCUT2D eigenvalue weighted by atomic mass is 16.5. The van der Waals surface area contributed by atoms with Crippen LogP contribution in [0, 0.1) is 5.92 Å². The summed E-state index contributed by atoms with van der Waals surface area (Å²) in [6.45, 7) is 4.05. The van der Waals surface area contributed by atoms with Crippen LogP contribution in [0.4, 0.5) is 0 Å². The van der Waals surface area contributed by atoms with Crippen molar-refractivity contribution in [3.8, 4) is 5.75 Å². The molecule has 6 nitrogen and oxygen atoms in total. The number of carbonyl (C=O) groups is 3. The van der Waals surface area contributed by atoms with Gasteiger partial charge in [-0.2, -0.15) is 0 Å². The molecule has 1 heterocycles. The third-order valence-electron chi connectivity index (χ3n) is 4.94. The molecule has 0 radical (unpaired) electrons. The molecule has 3 amide bonds. The van der Waals surface area contributed by atoms with E-state index in [9.17, 15) is 14.4 Å². The largest absolute Gasteiger partial charge is 0.497 e. The number of carbonyl (C=O) groups excluding carboxylic acids is 3. The van der Waals surface area contributed by atoms with Gasteiger partial charge in [0.25, 0.3) is 11.8 Å². The van der Waals surface area contributed by atoms with E-state index in [1.165, 1.54) is 0 Å². The van der Waals surface area contributed by atoms with Crippen molar-refractivity contribution in [3.05, 3.63) is 65.2 Å². The molecule has 28 heavy (non-hydrogen) atoms. The molecule has 0 aliphatic carbocycles. The second kappa shape index (κ2) is 7.84. The lowest BCUT2D eigenvalue weighted by Gasteiger charge is -2.32. The summed E-state index contributed by atoms with van der Waals surface area (Å²) in [4.78, 5) is 41.5. The summed E-state index contributed by atoms with van der Waals surface area (Å²) in [6.07, 6.45) is 0. The van der Waals surface area contributed by atoms with E-state index < -0.39 is 17.9 Å². The Hall–Kier alpha value is -3.15. The van der Waals surface area contributed by atoms with E-state index in [0.717, 1.165) is 16.2 Å². The summed E-state index contributed by atoms with van der Waals surface area (Å²) < 4.78 is 5.15. The molecular weight excluding hydrogens is 356 g/mol. The van der Waals surface area contributed by atoms with Crippen LogP contribution >= 0.6 is 0 Å². The fraction of sp³-hybridized carbons (Fsp3) is 0.318. The highest BCUT2D eigenvalue weighted by Gasteiger charge is 2.44. The van der Waals surface area contributed by atoms with Crippen molar-refractivity contribution in [1.82, 2.24) is 9.80 Å². The summed E-state index contributed by atoms with van der Waals surface area (Å²) in [5.74, 6) is -0.562. The number of benzene rings is 2. The molecule has 2 aromatic rings. The SMILES string of the molecule is COc1ccc(CN(C)C(=O)C(C(C)C)N2C(=O)c3ccccc3C2=O)cc1. The van der Waals surface area contributed by atoms with Crippen LogP contribution in [-0.2, 0) is 11.3 Å². The first kappa shape index (κ1) is 19.6. The predicted molar refractivity (Wildman–Crippen MR) is 105 cm³/mol. The van der Waals surface area contributed by atoms with Crippen molar-refractivity contribution in [3.63, 3.8) is 0 Å². The summed E-state index contributed by atoms with van der Waals surface area (Å²) in [7, 11) is 3.28. The molecule has 1 aliphatic rings. The fourth-order valence-electron chi connectivity index (χ4n) is 3.46. The van der Waals surface area contributed by atoms with E-state index >= 15 is 0 Å². The number of methoxy groups -OCH3 is 1. The van der Waals surface area contributed by atoms with Gasteiger partial charge in [-0.05, 0) is 35.7 Å². The molecule has 0 saturated carbocycles.